The maximum atomic E-state index is 12.7. The van der Waals surface area contributed by atoms with Gasteiger partial charge in [-0.05, 0) is 32.6 Å². The van der Waals surface area contributed by atoms with Crippen LogP contribution < -0.4 is 0 Å². The van der Waals surface area contributed by atoms with Gasteiger partial charge in [0.1, 0.15) is 0 Å². The van der Waals surface area contributed by atoms with E-state index in [1.54, 1.807) is 0 Å². The molecule has 0 aromatic heterocycles. The molecule has 2 amide bonds. The molecule has 2 rings (SSSR count). The molecule has 0 aromatic carbocycles. The van der Waals surface area contributed by atoms with E-state index in [1.807, 2.05) is 6.92 Å². The largest absolute Gasteiger partial charge is 0.396 e. The van der Waals surface area contributed by atoms with E-state index in [2.05, 4.69) is 0 Å². The van der Waals surface area contributed by atoms with Gasteiger partial charge in [0.05, 0.1) is 5.41 Å². The Kier molecular flexibility index (Phi) is 4.61. The van der Waals surface area contributed by atoms with Gasteiger partial charge in [0.25, 0.3) is 0 Å². The predicted molar refractivity (Wildman–Crippen MR) is 72.4 cm³/mol. The molecule has 0 radical (unpaired) electrons. The molecule has 1 N–H and O–H groups in total. The van der Waals surface area contributed by atoms with Crippen molar-refractivity contribution in [1.82, 2.24) is 4.90 Å². The van der Waals surface area contributed by atoms with Gasteiger partial charge in [0.2, 0.25) is 11.8 Å². The van der Waals surface area contributed by atoms with Crippen LogP contribution in [-0.4, -0.2) is 34.5 Å². The van der Waals surface area contributed by atoms with E-state index >= 15 is 0 Å². The number of aliphatic hydroxyl groups excluding tert-OH is 1. The van der Waals surface area contributed by atoms with E-state index in [0.29, 0.717) is 19.3 Å². The van der Waals surface area contributed by atoms with Crippen LogP contribution in [0, 0.1) is 5.41 Å². The normalized spacial score (nSPS) is 24.8. The van der Waals surface area contributed by atoms with Gasteiger partial charge in [-0.25, -0.2) is 0 Å². The molecule has 1 aliphatic heterocycles. The highest BCUT2D eigenvalue weighted by Gasteiger charge is 2.51. The van der Waals surface area contributed by atoms with Crippen molar-refractivity contribution in [2.24, 2.45) is 5.41 Å². The number of aliphatic hydroxyl groups is 1. The van der Waals surface area contributed by atoms with Crippen LogP contribution in [0.5, 0.6) is 0 Å². The summed E-state index contributed by atoms with van der Waals surface area (Å²) in [5.74, 6) is 0.0576. The van der Waals surface area contributed by atoms with Crippen LogP contribution in [0.15, 0.2) is 0 Å². The van der Waals surface area contributed by atoms with E-state index < -0.39 is 0 Å². The summed E-state index contributed by atoms with van der Waals surface area (Å²) in [6.07, 6.45) is 8.01. The Labute approximate surface area is 115 Å². The van der Waals surface area contributed by atoms with E-state index in [0.717, 1.165) is 25.7 Å². The molecule has 0 aromatic rings. The number of imide groups is 1. The van der Waals surface area contributed by atoms with Crippen LogP contribution in [0.4, 0.5) is 0 Å². The molecule has 1 atom stereocenters. The van der Waals surface area contributed by atoms with Crippen molar-refractivity contribution < 1.29 is 14.7 Å². The van der Waals surface area contributed by atoms with Crippen LogP contribution in [0.2, 0.25) is 0 Å². The van der Waals surface area contributed by atoms with Crippen LogP contribution in [0.3, 0.4) is 0 Å². The van der Waals surface area contributed by atoms with Gasteiger partial charge >= 0.3 is 0 Å². The molecule has 1 aliphatic carbocycles. The number of carbonyl (C=O) groups is 2. The molecule has 1 unspecified atom stereocenters. The zero-order chi connectivity index (χ0) is 13.9. The van der Waals surface area contributed by atoms with Gasteiger partial charge < -0.3 is 5.11 Å². The maximum absolute atomic E-state index is 12.7. The van der Waals surface area contributed by atoms with E-state index in [-0.39, 0.29) is 29.9 Å². The zero-order valence-electron chi connectivity index (χ0n) is 11.9. The molecule has 4 nitrogen and oxygen atoms in total. The molecule has 2 aliphatic rings. The van der Waals surface area contributed by atoms with Crippen LogP contribution in [0.25, 0.3) is 0 Å². The third kappa shape index (κ3) is 2.83. The molecule has 2 fully saturated rings. The summed E-state index contributed by atoms with van der Waals surface area (Å²) in [5.41, 5.74) is -0.388. The standard InChI is InChI=1S/C15H25NO3/c1-12(7-6-10-17)16-13(18)11-15(14(16)19)8-4-2-3-5-9-15/h12,17H,2-11H2,1H3. The predicted octanol–water partition coefficient (Wildman–Crippen LogP) is 2.25. The van der Waals surface area contributed by atoms with Crippen molar-refractivity contribution in [3.63, 3.8) is 0 Å². The molecule has 1 saturated carbocycles. The summed E-state index contributed by atoms with van der Waals surface area (Å²) in [7, 11) is 0. The highest BCUT2D eigenvalue weighted by molar-refractivity contribution is 6.06. The molecule has 1 saturated heterocycles. The Balaban J connectivity index is 2.10. The van der Waals surface area contributed by atoms with E-state index in [4.69, 9.17) is 5.11 Å². The SMILES string of the molecule is CC(CCCO)N1C(=O)CC2(CCCCCC2)C1=O. The third-order valence-corrected chi connectivity index (χ3v) is 4.71. The molecule has 1 heterocycles. The minimum Gasteiger partial charge on any atom is -0.396 e. The fraction of sp³-hybridized carbons (Fsp3) is 0.867. The summed E-state index contributed by atoms with van der Waals surface area (Å²) in [4.78, 5) is 26.4. The van der Waals surface area contributed by atoms with Gasteiger partial charge in [0, 0.05) is 19.1 Å². The minimum absolute atomic E-state index is 0.00246. The summed E-state index contributed by atoms with van der Waals surface area (Å²) >= 11 is 0. The topological polar surface area (TPSA) is 57.6 Å². The second-order valence-electron chi connectivity index (χ2n) is 6.16. The third-order valence-electron chi connectivity index (χ3n) is 4.71. The lowest BCUT2D eigenvalue weighted by atomic mass is 9.79. The van der Waals surface area contributed by atoms with Crippen molar-refractivity contribution in [2.45, 2.75) is 70.8 Å². The van der Waals surface area contributed by atoms with Crippen molar-refractivity contribution in [3.05, 3.63) is 0 Å². The quantitative estimate of drug-likeness (QED) is 0.795. The number of hydrogen-bond donors (Lipinski definition) is 1. The highest BCUT2D eigenvalue weighted by Crippen LogP contribution is 2.45. The van der Waals surface area contributed by atoms with Crippen molar-refractivity contribution >= 4 is 11.8 Å². The summed E-state index contributed by atoms with van der Waals surface area (Å²) in [5, 5.41) is 8.88. The Hall–Kier alpha value is -0.900. The summed E-state index contributed by atoms with van der Waals surface area (Å²) < 4.78 is 0. The fourth-order valence-electron chi connectivity index (χ4n) is 3.58. The van der Waals surface area contributed by atoms with Crippen molar-refractivity contribution in [1.29, 1.82) is 0 Å². The number of likely N-dealkylation sites (tertiary alicyclic amines) is 1. The Morgan fingerprint density at radius 3 is 2.42 bits per heavy atom. The Morgan fingerprint density at radius 1 is 1.21 bits per heavy atom. The van der Waals surface area contributed by atoms with Gasteiger partial charge in [0.15, 0.2) is 0 Å². The Bertz CT molecular complexity index is 345. The van der Waals surface area contributed by atoms with Gasteiger partial charge in [-0.1, -0.05) is 25.7 Å². The highest BCUT2D eigenvalue weighted by atomic mass is 16.3. The first-order chi connectivity index (χ1) is 9.10. The smallest absolute Gasteiger partial charge is 0.236 e. The van der Waals surface area contributed by atoms with Gasteiger partial charge in [-0.2, -0.15) is 0 Å². The van der Waals surface area contributed by atoms with Gasteiger partial charge in [-0.3, -0.25) is 14.5 Å². The molecule has 4 heteroatoms. The van der Waals surface area contributed by atoms with Gasteiger partial charge in [-0.15, -0.1) is 0 Å². The van der Waals surface area contributed by atoms with Crippen LogP contribution in [-0.2, 0) is 9.59 Å². The number of rotatable bonds is 4. The van der Waals surface area contributed by atoms with E-state index in [9.17, 15) is 9.59 Å². The molecule has 0 bridgehead atoms. The van der Waals surface area contributed by atoms with Crippen LogP contribution >= 0.6 is 0 Å². The average Bonchev–Trinajstić information content (AvgIpc) is 2.57. The molecular weight excluding hydrogens is 242 g/mol. The number of carbonyl (C=O) groups excluding carboxylic acids is 2. The Morgan fingerprint density at radius 2 is 1.84 bits per heavy atom. The number of nitrogens with zero attached hydrogens (tertiary/aromatic N) is 1. The zero-order valence-corrected chi connectivity index (χ0v) is 11.9. The molecule has 1 spiro atoms. The first kappa shape index (κ1) is 14.5. The monoisotopic (exact) mass is 267 g/mol. The lowest BCUT2D eigenvalue weighted by molar-refractivity contribution is -0.144. The fourth-order valence-corrected chi connectivity index (χ4v) is 3.58. The summed E-state index contributed by atoms with van der Waals surface area (Å²) in [6, 6.07) is -0.0743. The molecule has 108 valence electrons. The number of amides is 2. The van der Waals surface area contributed by atoms with Crippen LogP contribution in [0.1, 0.15) is 64.7 Å². The first-order valence-electron chi connectivity index (χ1n) is 7.58. The van der Waals surface area contributed by atoms with Crippen molar-refractivity contribution in [3.8, 4) is 0 Å². The number of hydrogen-bond acceptors (Lipinski definition) is 3. The van der Waals surface area contributed by atoms with Crippen molar-refractivity contribution in [2.75, 3.05) is 6.61 Å². The second kappa shape index (κ2) is 6.04. The maximum Gasteiger partial charge on any atom is 0.236 e. The molecular formula is C15H25NO3. The average molecular weight is 267 g/mol. The summed E-state index contributed by atoms with van der Waals surface area (Å²) in [6.45, 7) is 2.03. The lowest BCUT2D eigenvalue weighted by Gasteiger charge is -2.28. The molecule has 19 heavy (non-hydrogen) atoms. The lowest BCUT2D eigenvalue weighted by Crippen LogP contribution is -2.41. The second-order valence-corrected chi connectivity index (χ2v) is 6.16. The minimum atomic E-state index is -0.388. The van der Waals surface area contributed by atoms with E-state index in [1.165, 1.54) is 17.7 Å². The first-order valence-corrected chi connectivity index (χ1v) is 7.58.